The predicted octanol–water partition coefficient (Wildman–Crippen LogP) is 0.460. The van der Waals surface area contributed by atoms with Crippen molar-refractivity contribution in [1.82, 2.24) is 9.80 Å². The summed E-state index contributed by atoms with van der Waals surface area (Å²) in [5.41, 5.74) is 0.843. The number of piperidine rings is 1. The van der Waals surface area contributed by atoms with E-state index in [2.05, 4.69) is 0 Å². The van der Waals surface area contributed by atoms with Crippen LogP contribution in [-0.2, 0) is 30.6 Å². The highest BCUT2D eigenvalue weighted by atomic mass is 32.2. The topological polar surface area (TPSA) is 93.2 Å². The van der Waals surface area contributed by atoms with Crippen molar-refractivity contribution in [1.29, 1.82) is 0 Å². The molecule has 3 rings (SSSR count). The molecule has 0 unspecified atom stereocenters. The minimum Gasteiger partial charge on any atom is -0.497 e. The molecule has 0 atom stereocenters. The molecule has 8 nitrogen and oxygen atoms in total. The molecular weight excluding hydrogens is 384 g/mol. The van der Waals surface area contributed by atoms with Gasteiger partial charge in [-0.2, -0.15) is 0 Å². The van der Waals surface area contributed by atoms with Crippen molar-refractivity contribution in [3.8, 4) is 5.75 Å². The van der Waals surface area contributed by atoms with Gasteiger partial charge in [0.05, 0.1) is 20.1 Å². The standard InChI is InChI=1S/C19H26N2O6S/c1-26-11-10-21-18(23)14-28(24,25)19(21)6-8-20(9-7-19)17(22)13-15-4-3-5-16(12-15)27-2/h3-5,12H,6-11,13-14H2,1-2H3. The van der Waals surface area contributed by atoms with Gasteiger partial charge in [-0.15, -0.1) is 0 Å². The van der Waals surface area contributed by atoms with Gasteiger partial charge >= 0.3 is 0 Å². The Morgan fingerprint density at radius 3 is 2.57 bits per heavy atom. The summed E-state index contributed by atoms with van der Waals surface area (Å²) in [5, 5.41) is 0. The molecule has 154 valence electrons. The molecule has 0 aliphatic carbocycles. The average molecular weight is 410 g/mol. The van der Waals surface area contributed by atoms with Crippen molar-refractivity contribution >= 4 is 21.7 Å². The molecule has 1 aromatic rings. The van der Waals surface area contributed by atoms with E-state index >= 15 is 0 Å². The number of benzene rings is 1. The number of carbonyl (C=O) groups is 2. The molecule has 2 aliphatic rings. The summed E-state index contributed by atoms with van der Waals surface area (Å²) in [5.74, 6) is -0.220. The van der Waals surface area contributed by atoms with E-state index < -0.39 is 20.5 Å². The third-order valence-corrected chi connectivity index (χ3v) is 8.00. The Bertz CT molecular complexity index is 846. The Kier molecular flexibility index (Phi) is 5.95. The number of hydrogen-bond acceptors (Lipinski definition) is 6. The number of methoxy groups -OCH3 is 2. The van der Waals surface area contributed by atoms with E-state index in [9.17, 15) is 18.0 Å². The molecule has 2 fully saturated rings. The zero-order valence-corrected chi connectivity index (χ0v) is 17.0. The molecule has 1 spiro atoms. The van der Waals surface area contributed by atoms with Gasteiger partial charge in [0.1, 0.15) is 16.4 Å². The molecule has 2 amide bonds. The first-order valence-corrected chi connectivity index (χ1v) is 10.9. The van der Waals surface area contributed by atoms with Crippen LogP contribution in [0.5, 0.6) is 5.75 Å². The Labute approximate surface area is 165 Å². The first kappa shape index (κ1) is 20.6. The van der Waals surface area contributed by atoms with Gasteiger partial charge < -0.3 is 19.3 Å². The first-order valence-electron chi connectivity index (χ1n) is 9.25. The van der Waals surface area contributed by atoms with Crippen LogP contribution in [0.3, 0.4) is 0 Å². The molecular formula is C19H26N2O6S. The fraction of sp³-hybridized carbons (Fsp3) is 0.579. The fourth-order valence-corrected chi connectivity index (χ4v) is 6.12. The lowest BCUT2D eigenvalue weighted by Gasteiger charge is -2.43. The Morgan fingerprint density at radius 2 is 1.93 bits per heavy atom. The third-order valence-electron chi connectivity index (χ3n) is 5.59. The molecule has 0 saturated carbocycles. The molecule has 0 aromatic heterocycles. The number of rotatable bonds is 6. The van der Waals surface area contributed by atoms with Crippen molar-refractivity contribution in [2.24, 2.45) is 0 Å². The zero-order valence-electron chi connectivity index (χ0n) is 16.2. The summed E-state index contributed by atoms with van der Waals surface area (Å²) in [7, 11) is -0.501. The van der Waals surface area contributed by atoms with Gasteiger partial charge in [-0.1, -0.05) is 12.1 Å². The van der Waals surface area contributed by atoms with Crippen LogP contribution in [0.2, 0.25) is 0 Å². The number of likely N-dealkylation sites (tertiary alicyclic amines) is 1. The number of ether oxygens (including phenoxy) is 2. The summed E-state index contributed by atoms with van der Waals surface area (Å²) in [4.78, 5) is 26.9. The molecule has 0 radical (unpaired) electrons. The summed E-state index contributed by atoms with van der Waals surface area (Å²) in [6, 6.07) is 7.32. The smallest absolute Gasteiger partial charge is 0.239 e. The minimum absolute atomic E-state index is 0.0618. The second-order valence-corrected chi connectivity index (χ2v) is 9.43. The predicted molar refractivity (Wildman–Crippen MR) is 103 cm³/mol. The molecule has 0 N–H and O–H groups in total. The summed E-state index contributed by atoms with van der Waals surface area (Å²) in [6.07, 6.45) is 0.687. The molecule has 9 heteroatoms. The zero-order chi connectivity index (χ0) is 20.4. The highest BCUT2D eigenvalue weighted by Gasteiger charge is 2.58. The number of nitrogens with zero attached hydrogens (tertiary/aromatic N) is 2. The number of sulfone groups is 1. The van der Waals surface area contributed by atoms with Crippen molar-refractivity contribution < 1.29 is 27.5 Å². The van der Waals surface area contributed by atoms with Gasteiger partial charge in [0.2, 0.25) is 11.8 Å². The Morgan fingerprint density at radius 1 is 1.21 bits per heavy atom. The van der Waals surface area contributed by atoms with Crippen LogP contribution in [0.1, 0.15) is 18.4 Å². The van der Waals surface area contributed by atoms with Gasteiger partial charge in [-0.3, -0.25) is 9.59 Å². The van der Waals surface area contributed by atoms with E-state index in [0.29, 0.717) is 18.8 Å². The monoisotopic (exact) mass is 410 g/mol. The highest BCUT2D eigenvalue weighted by molar-refractivity contribution is 7.93. The van der Waals surface area contributed by atoms with Crippen LogP contribution in [0.15, 0.2) is 24.3 Å². The van der Waals surface area contributed by atoms with Crippen LogP contribution >= 0.6 is 0 Å². The lowest BCUT2D eigenvalue weighted by Crippen LogP contribution is -2.57. The summed E-state index contributed by atoms with van der Waals surface area (Å²) >= 11 is 0. The van der Waals surface area contributed by atoms with Crippen LogP contribution in [0, 0.1) is 0 Å². The number of carbonyl (C=O) groups excluding carboxylic acids is 2. The maximum absolute atomic E-state index is 12.7. The molecule has 28 heavy (non-hydrogen) atoms. The number of hydrogen-bond donors (Lipinski definition) is 0. The highest BCUT2D eigenvalue weighted by Crippen LogP contribution is 2.39. The molecule has 2 aliphatic heterocycles. The van der Waals surface area contributed by atoms with E-state index in [4.69, 9.17) is 9.47 Å². The lowest BCUT2D eigenvalue weighted by atomic mass is 10.0. The van der Waals surface area contributed by atoms with Gasteiger partial charge in [0.15, 0.2) is 9.84 Å². The Hall–Kier alpha value is -2.13. The van der Waals surface area contributed by atoms with Crippen LogP contribution in [0.4, 0.5) is 0 Å². The molecule has 2 heterocycles. The average Bonchev–Trinajstić information content (AvgIpc) is 2.85. The van der Waals surface area contributed by atoms with Crippen LogP contribution in [-0.4, -0.2) is 81.1 Å². The van der Waals surface area contributed by atoms with Gasteiger partial charge in [-0.25, -0.2) is 8.42 Å². The minimum atomic E-state index is -3.59. The van der Waals surface area contributed by atoms with E-state index in [1.165, 1.54) is 12.0 Å². The first-order chi connectivity index (χ1) is 13.3. The summed E-state index contributed by atoms with van der Waals surface area (Å²) in [6.45, 7) is 1.13. The van der Waals surface area contributed by atoms with Crippen molar-refractivity contribution in [3.63, 3.8) is 0 Å². The largest absolute Gasteiger partial charge is 0.497 e. The van der Waals surface area contributed by atoms with Crippen molar-refractivity contribution in [2.75, 3.05) is 46.2 Å². The fourth-order valence-electron chi connectivity index (χ4n) is 4.04. The van der Waals surface area contributed by atoms with Crippen molar-refractivity contribution in [3.05, 3.63) is 29.8 Å². The van der Waals surface area contributed by atoms with E-state index in [0.717, 1.165) is 5.56 Å². The van der Waals surface area contributed by atoms with Gasteiger partial charge in [0.25, 0.3) is 0 Å². The maximum atomic E-state index is 12.7. The third kappa shape index (κ3) is 3.73. The van der Waals surface area contributed by atoms with Crippen molar-refractivity contribution in [2.45, 2.75) is 24.1 Å². The second kappa shape index (κ2) is 8.08. The molecule has 2 saturated heterocycles. The molecule has 1 aromatic carbocycles. The number of amides is 2. The maximum Gasteiger partial charge on any atom is 0.239 e. The van der Waals surface area contributed by atoms with E-state index in [-0.39, 0.29) is 44.2 Å². The lowest BCUT2D eigenvalue weighted by molar-refractivity contribution is -0.135. The second-order valence-electron chi connectivity index (χ2n) is 7.15. The van der Waals surface area contributed by atoms with Crippen LogP contribution in [0.25, 0.3) is 0 Å². The van der Waals surface area contributed by atoms with E-state index in [1.54, 1.807) is 12.0 Å². The quantitative estimate of drug-likeness (QED) is 0.676. The summed E-state index contributed by atoms with van der Waals surface area (Å²) < 4.78 is 35.7. The van der Waals surface area contributed by atoms with Gasteiger partial charge in [0, 0.05) is 39.6 Å². The van der Waals surface area contributed by atoms with Gasteiger partial charge in [-0.05, 0) is 17.7 Å². The van der Waals surface area contributed by atoms with Crippen LogP contribution < -0.4 is 4.74 Å². The Balaban J connectivity index is 1.69. The molecule has 0 bridgehead atoms. The SMILES string of the molecule is COCCN1C(=O)CS(=O)(=O)C12CCN(C(=O)Cc1cccc(OC)c1)CC2. The normalized spacial score (nSPS) is 20.6. The van der Waals surface area contributed by atoms with E-state index in [1.807, 2.05) is 24.3 Å².